The summed E-state index contributed by atoms with van der Waals surface area (Å²) in [5.74, 6) is -0.584. The van der Waals surface area contributed by atoms with Gasteiger partial charge < -0.3 is 14.4 Å². The van der Waals surface area contributed by atoms with Crippen molar-refractivity contribution in [1.82, 2.24) is 5.32 Å². The highest BCUT2D eigenvalue weighted by Gasteiger charge is 2.54. The van der Waals surface area contributed by atoms with Crippen molar-refractivity contribution >= 4 is 23.4 Å². The molecule has 0 bridgehead atoms. The molecule has 1 N–H and O–H groups in total. The molecule has 2 aromatic carbocycles. The van der Waals surface area contributed by atoms with Gasteiger partial charge in [0, 0.05) is 24.7 Å². The summed E-state index contributed by atoms with van der Waals surface area (Å²) in [5, 5.41) is 13.8. The second-order valence-corrected chi connectivity index (χ2v) is 7.91. The molecule has 3 rings (SSSR count). The summed E-state index contributed by atoms with van der Waals surface area (Å²) in [4.78, 5) is 37.9. The van der Waals surface area contributed by atoms with Crippen LogP contribution in [0.1, 0.15) is 31.9 Å². The number of nitrogens with zero attached hydrogens (tertiary/aromatic N) is 2. The molecule has 0 aromatic heterocycles. The molecular weight excluding hydrogens is 390 g/mol. The molecule has 1 aliphatic heterocycles. The summed E-state index contributed by atoms with van der Waals surface area (Å²) in [6, 6.07) is 13.1. The summed E-state index contributed by atoms with van der Waals surface area (Å²) in [7, 11) is 1.51. The van der Waals surface area contributed by atoms with Crippen LogP contribution in [0, 0.1) is 10.1 Å². The maximum absolute atomic E-state index is 13.2. The zero-order valence-corrected chi connectivity index (χ0v) is 17.2. The Morgan fingerprint density at radius 2 is 1.87 bits per heavy atom. The van der Waals surface area contributed by atoms with Crippen LogP contribution in [0.4, 0.5) is 16.2 Å². The number of hydrogen-bond acceptors (Lipinski definition) is 6. The molecule has 2 amide bonds. The molecule has 0 aliphatic carbocycles. The van der Waals surface area contributed by atoms with E-state index < -0.39 is 28.2 Å². The van der Waals surface area contributed by atoms with Crippen molar-refractivity contribution < 1.29 is 24.0 Å². The molecule has 2 aromatic rings. The molecule has 0 radical (unpaired) electrons. The first-order chi connectivity index (χ1) is 14.0. The monoisotopic (exact) mass is 413 g/mol. The van der Waals surface area contributed by atoms with Gasteiger partial charge in [-0.25, -0.2) is 4.79 Å². The van der Waals surface area contributed by atoms with Crippen molar-refractivity contribution in [1.29, 1.82) is 0 Å². The van der Waals surface area contributed by atoms with E-state index in [4.69, 9.17) is 9.47 Å². The molecule has 0 fully saturated rings. The van der Waals surface area contributed by atoms with Gasteiger partial charge >= 0.3 is 6.09 Å². The fourth-order valence-electron chi connectivity index (χ4n) is 3.18. The fourth-order valence-corrected chi connectivity index (χ4v) is 3.18. The first-order valence-corrected chi connectivity index (χ1v) is 9.29. The van der Waals surface area contributed by atoms with Gasteiger partial charge in [-0.2, -0.15) is 0 Å². The number of rotatable bonds is 5. The standard InChI is InChI=1S/C21H23N3O6/c1-20(2,3)30-19(26)22-21(29-13-14-8-6-5-7-9-14)16-12-15(24(27)28)10-11-17(16)23(4)18(21)25/h5-12H,13H2,1-4H3,(H,22,26)/t21-/m1/s1. The van der Waals surface area contributed by atoms with E-state index in [1.807, 2.05) is 18.2 Å². The molecule has 0 saturated heterocycles. The van der Waals surface area contributed by atoms with Crippen LogP contribution in [0.2, 0.25) is 0 Å². The number of amides is 2. The number of likely N-dealkylation sites (N-methyl/N-ethyl adjacent to an activating group) is 1. The van der Waals surface area contributed by atoms with Crippen LogP contribution in [-0.4, -0.2) is 29.6 Å². The number of fused-ring (bicyclic) bond motifs is 1. The Balaban J connectivity index is 2.06. The number of nitrogens with one attached hydrogen (secondary N) is 1. The minimum absolute atomic E-state index is 0.0155. The third kappa shape index (κ3) is 4.11. The number of benzene rings is 2. The van der Waals surface area contributed by atoms with Crippen molar-refractivity contribution in [3.8, 4) is 0 Å². The minimum atomic E-state index is -1.96. The average Bonchev–Trinajstić information content (AvgIpc) is 2.87. The second kappa shape index (κ2) is 7.75. The molecular formula is C21H23N3O6. The Bertz CT molecular complexity index is 986. The van der Waals surface area contributed by atoms with Gasteiger partial charge in [0.15, 0.2) is 0 Å². The van der Waals surface area contributed by atoms with Crippen molar-refractivity contribution in [3.63, 3.8) is 0 Å². The molecule has 0 spiro atoms. The summed E-state index contributed by atoms with van der Waals surface area (Å²) < 4.78 is 11.3. The Morgan fingerprint density at radius 1 is 1.20 bits per heavy atom. The maximum atomic E-state index is 13.2. The third-order valence-electron chi connectivity index (χ3n) is 4.51. The number of nitro groups is 1. The predicted octanol–water partition coefficient (Wildman–Crippen LogP) is 3.47. The molecule has 1 atom stereocenters. The topological polar surface area (TPSA) is 111 Å². The molecule has 158 valence electrons. The van der Waals surface area contributed by atoms with E-state index in [1.165, 1.54) is 30.1 Å². The van der Waals surface area contributed by atoms with E-state index in [-0.39, 0.29) is 17.9 Å². The number of ether oxygens (including phenoxy) is 2. The van der Waals surface area contributed by atoms with Crippen molar-refractivity contribution in [2.45, 2.75) is 38.7 Å². The zero-order chi connectivity index (χ0) is 22.1. The van der Waals surface area contributed by atoms with E-state index >= 15 is 0 Å². The van der Waals surface area contributed by atoms with Crippen LogP contribution in [0.3, 0.4) is 0 Å². The van der Waals surface area contributed by atoms with E-state index in [0.717, 1.165) is 5.56 Å². The minimum Gasteiger partial charge on any atom is -0.444 e. The Hall–Kier alpha value is -3.46. The predicted molar refractivity (Wildman–Crippen MR) is 109 cm³/mol. The van der Waals surface area contributed by atoms with Crippen LogP contribution >= 0.6 is 0 Å². The summed E-state index contributed by atoms with van der Waals surface area (Å²) in [5.41, 5.74) is -1.67. The number of non-ortho nitro benzene ring substituents is 1. The lowest BCUT2D eigenvalue weighted by Crippen LogP contribution is -2.55. The molecule has 1 heterocycles. The van der Waals surface area contributed by atoms with E-state index in [0.29, 0.717) is 5.69 Å². The highest BCUT2D eigenvalue weighted by atomic mass is 16.6. The van der Waals surface area contributed by atoms with Crippen molar-refractivity contribution in [3.05, 3.63) is 69.8 Å². The highest BCUT2D eigenvalue weighted by Crippen LogP contribution is 2.42. The maximum Gasteiger partial charge on any atom is 0.410 e. The number of hydrogen-bond donors (Lipinski definition) is 1. The lowest BCUT2D eigenvalue weighted by Gasteiger charge is -2.30. The SMILES string of the molecule is CN1C(=O)[C@](NC(=O)OC(C)(C)C)(OCc2ccccc2)c2cc([N+](=O)[O-])ccc21. The molecule has 1 aliphatic rings. The van der Waals surface area contributed by atoms with Crippen LogP contribution in [-0.2, 0) is 26.6 Å². The van der Waals surface area contributed by atoms with E-state index in [1.54, 1.807) is 32.9 Å². The fraction of sp³-hybridized carbons (Fsp3) is 0.333. The van der Waals surface area contributed by atoms with Crippen LogP contribution < -0.4 is 10.2 Å². The van der Waals surface area contributed by atoms with E-state index in [9.17, 15) is 19.7 Å². The number of anilines is 1. The molecule has 0 unspecified atom stereocenters. The summed E-state index contributed by atoms with van der Waals surface area (Å²) in [6.45, 7) is 5.04. The number of nitro benzene ring substituents is 1. The number of carbonyl (C=O) groups excluding carboxylic acids is 2. The number of carbonyl (C=O) groups is 2. The molecule has 30 heavy (non-hydrogen) atoms. The lowest BCUT2D eigenvalue weighted by atomic mass is 10.0. The Labute approximate surface area is 173 Å². The largest absolute Gasteiger partial charge is 0.444 e. The molecule has 9 nitrogen and oxygen atoms in total. The Kier molecular flexibility index (Phi) is 5.49. The first kappa shape index (κ1) is 21.3. The van der Waals surface area contributed by atoms with Gasteiger partial charge in [-0.1, -0.05) is 30.3 Å². The zero-order valence-electron chi connectivity index (χ0n) is 17.2. The molecule has 9 heteroatoms. The summed E-state index contributed by atoms with van der Waals surface area (Å²) in [6.07, 6.45) is -0.878. The smallest absolute Gasteiger partial charge is 0.410 e. The lowest BCUT2D eigenvalue weighted by molar-refractivity contribution is -0.385. The van der Waals surface area contributed by atoms with Gasteiger partial charge in [-0.15, -0.1) is 0 Å². The first-order valence-electron chi connectivity index (χ1n) is 9.29. The second-order valence-electron chi connectivity index (χ2n) is 7.91. The van der Waals surface area contributed by atoms with E-state index in [2.05, 4.69) is 5.32 Å². The highest BCUT2D eigenvalue weighted by molar-refractivity contribution is 6.08. The quantitative estimate of drug-likeness (QED) is 0.456. The van der Waals surface area contributed by atoms with Crippen molar-refractivity contribution in [2.75, 3.05) is 11.9 Å². The van der Waals surface area contributed by atoms with Gasteiger partial charge in [0.1, 0.15) is 5.60 Å². The van der Waals surface area contributed by atoms with Crippen LogP contribution in [0.5, 0.6) is 0 Å². The van der Waals surface area contributed by atoms with Crippen LogP contribution in [0.25, 0.3) is 0 Å². The normalized spacial score (nSPS) is 18.1. The van der Waals surface area contributed by atoms with Crippen molar-refractivity contribution in [2.24, 2.45) is 0 Å². The number of alkyl carbamates (subject to hydrolysis) is 1. The Morgan fingerprint density at radius 3 is 2.47 bits per heavy atom. The van der Waals surface area contributed by atoms with Gasteiger partial charge in [0.05, 0.1) is 17.2 Å². The summed E-state index contributed by atoms with van der Waals surface area (Å²) >= 11 is 0. The third-order valence-corrected chi connectivity index (χ3v) is 4.51. The van der Waals surface area contributed by atoms with Gasteiger partial charge in [0.2, 0.25) is 0 Å². The van der Waals surface area contributed by atoms with Crippen LogP contribution in [0.15, 0.2) is 48.5 Å². The van der Waals surface area contributed by atoms with Gasteiger partial charge in [-0.3, -0.25) is 20.2 Å². The van der Waals surface area contributed by atoms with Gasteiger partial charge in [0.25, 0.3) is 17.3 Å². The average molecular weight is 413 g/mol. The van der Waals surface area contributed by atoms with Gasteiger partial charge in [-0.05, 0) is 32.4 Å². The molecule has 0 saturated carbocycles.